The Bertz CT molecular complexity index is 655. The van der Waals surface area contributed by atoms with Gasteiger partial charge < -0.3 is 20.3 Å². The Morgan fingerprint density at radius 2 is 1.88 bits per heavy atom. The quantitative estimate of drug-likeness (QED) is 0.794. The lowest BCUT2D eigenvalue weighted by Crippen LogP contribution is -2.46. The minimum atomic E-state index is -0.219. The van der Waals surface area contributed by atoms with Crippen molar-refractivity contribution < 1.29 is 14.3 Å². The minimum absolute atomic E-state index is 0.0280. The number of para-hydroxylation sites is 2. The molecule has 0 bridgehead atoms. The third-order valence-electron chi connectivity index (χ3n) is 5.13. The Labute approximate surface area is 154 Å². The number of hydrogen-bond acceptors (Lipinski definition) is 4. The average Bonchev–Trinajstić information content (AvgIpc) is 2.69. The first-order valence-electron chi connectivity index (χ1n) is 9.34. The highest BCUT2D eigenvalue weighted by atomic mass is 16.5. The molecular weight excluding hydrogens is 330 g/mol. The summed E-state index contributed by atoms with van der Waals surface area (Å²) in [5, 5.41) is 6.02. The van der Waals surface area contributed by atoms with Gasteiger partial charge >= 0.3 is 0 Å². The zero-order valence-electron chi connectivity index (χ0n) is 15.1. The van der Waals surface area contributed by atoms with Crippen molar-refractivity contribution >= 4 is 23.2 Å². The molecule has 1 aromatic rings. The van der Waals surface area contributed by atoms with E-state index in [-0.39, 0.29) is 23.8 Å². The molecule has 26 heavy (non-hydrogen) atoms. The highest BCUT2D eigenvalue weighted by Crippen LogP contribution is 2.30. The second kappa shape index (κ2) is 8.85. The van der Waals surface area contributed by atoms with Gasteiger partial charge in [-0.05, 0) is 31.1 Å². The number of carbonyl (C=O) groups is 2. The third-order valence-corrected chi connectivity index (χ3v) is 5.13. The van der Waals surface area contributed by atoms with Crippen LogP contribution >= 0.6 is 0 Å². The maximum Gasteiger partial charge on any atom is 0.243 e. The number of carbonyl (C=O) groups excluding carboxylic acids is 2. The Morgan fingerprint density at radius 3 is 2.65 bits per heavy atom. The second-order valence-electron chi connectivity index (χ2n) is 6.82. The number of ether oxygens (including phenoxy) is 1. The first-order valence-corrected chi connectivity index (χ1v) is 9.34. The number of anilines is 2. The molecule has 2 fully saturated rings. The predicted molar refractivity (Wildman–Crippen MR) is 102 cm³/mol. The van der Waals surface area contributed by atoms with E-state index in [4.69, 9.17) is 4.74 Å². The van der Waals surface area contributed by atoms with Gasteiger partial charge in [0.05, 0.1) is 30.5 Å². The van der Waals surface area contributed by atoms with Gasteiger partial charge in [0.1, 0.15) is 0 Å². The summed E-state index contributed by atoms with van der Waals surface area (Å²) < 4.78 is 5.42. The van der Waals surface area contributed by atoms with Crippen LogP contribution < -0.4 is 15.5 Å². The highest BCUT2D eigenvalue weighted by molar-refractivity contribution is 5.97. The first-order chi connectivity index (χ1) is 12.7. The van der Waals surface area contributed by atoms with Gasteiger partial charge in [-0.3, -0.25) is 9.59 Å². The molecule has 1 aliphatic carbocycles. The van der Waals surface area contributed by atoms with Crippen molar-refractivity contribution in [3.8, 4) is 0 Å². The van der Waals surface area contributed by atoms with Gasteiger partial charge in [0.2, 0.25) is 11.8 Å². The molecule has 3 rings (SSSR count). The van der Waals surface area contributed by atoms with Gasteiger partial charge in [0.15, 0.2) is 0 Å². The smallest absolute Gasteiger partial charge is 0.243 e. The lowest BCUT2D eigenvalue weighted by molar-refractivity contribution is -0.123. The summed E-state index contributed by atoms with van der Waals surface area (Å²) in [5.74, 6) is -0.464. The van der Waals surface area contributed by atoms with Crippen molar-refractivity contribution in [3.63, 3.8) is 0 Å². The molecule has 2 atom stereocenters. The summed E-state index contributed by atoms with van der Waals surface area (Å²) >= 11 is 0. The molecule has 0 spiro atoms. The largest absolute Gasteiger partial charge is 0.378 e. The Morgan fingerprint density at radius 1 is 1.15 bits per heavy atom. The fourth-order valence-electron chi connectivity index (χ4n) is 3.74. The van der Waals surface area contributed by atoms with Crippen LogP contribution in [0.1, 0.15) is 25.7 Å². The number of hydrogen-bond donors (Lipinski definition) is 2. The number of nitrogens with zero attached hydrogens (tertiary/aromatic N) is 1. The highest BCUT2D eigenvalue weighted by Gasteiger charge is 2.32. The van der Waals surface area contributed by atoms with E-state index in [9.17, 15) is 9.59 Å². The van der Waals surface area contributed by atoms with Crippen molar-refractivity contribution in [2.24, 2.45) is 5.92 Å². The molecular formula is C20H27N3O3. The summed E-state index contributed by atoms with van der Waals surface area (Å²) in [4.78, 5) is 26.9. The Hall–Kier alpha value is -2.34. The molecule has 6 heteroatoms. The third kappa shape index (κ3) is 4.43. The number of nitrogens with one attached hydrogen (secondary N) is 2. The molecule has 0 aromatic heterocycles. The summed E-state index contributed by atoms with van der Waals surface area (Å²) in [6, 6.07) is 7.73. The topological polar surface area (TPSA) is 70.7 Å². The van der Waals surface area contributed by atoms with Crippen LogP contribution in [-0.4, -0.2) is 44.2 Å². The zero-order chi connectivity index (χ0) is 18.4. The molecule has 1 saturated carbocycles. The van der Waals surface area contributed by atoms with Crippen LogP contribution in [0, 0.1) is 5.92 Å². The van der Waals surface area contributed by atoms with Crippen molar-refractivity contribution in [3.05, 3.63) is 36.9 Å². The summed E-state index contributed by atoms with van der Waals surface area (Å²) in [7, 11) is 0. The van der Waals surface area contributed by atoms with Gasteiger partial charge in [0.25, 0.3) is 0 Å². The maximum atomic E-state index is 13.0. The van der Waals surface area contributed by atoms with Crippen molar-refractivity contribution in [2.45, 2.75) is 31.7 Å². The average molecular weight is 357 g/mol. The van der Waals surface area contributed by atoms with E-state index in [2.05, 4.69) is 22.1 Å². The SMILES string of the molecule is C=CC(=O)N[C@@H]1CCCC[C@@H]1C(=O)Nc1ccccc1N1CCOCC1. The number of morpholine rings is 1. The summed E-state index contributed by atoms with van der Waals surface area (Å²) in [5.41, 5.74) is 1.84. The van der Waals surface area contributed by atoms with E-state index in [0.29, 0.717) is 13.2 Å². The van der Waals surface area contributed by atoms with Crippen LogP contribution in [0.2, 0.25) is 0 Å². The van der Waals surface area contributed by atoms with Gasteiger partial charge in [-0.2, -0.15) is 0 Å². The van der Waals surface area contributed by atoms with E-state index in [0.717, 1.165) is 50.1 Å². The van der Waals surface area contributed by atoms with E-state index in [1.54, 1.807) is 0 Å². The molecule has 1 saturated heterocycles. The molecule has 0 unspecified atom stereocenters. The Balaban J connectivity index is 1.72. The Kier molecular flexibility index (Phi) is 6.28. The molecule has 1 aromatic carbocycles. The molecule has 0 radical (unpaired) electrons. The van der Waals surface area contributed by atoms with Crippen LogP contribution in [-0.2, 0) is 14.3 Å². The van der Waals surface area contributed by atoms with Crippen molar-refractivity contribution in [2.75, 3.05) is 36.5 Å². The van der Waals surface area contributed by atoms with Gasteiger partial charge in [0, 0.05) is 19.1 Å². The molecule has 1 aliphatic heterocycles. The molecule has 1 heterocycles. The fourth-order valence-corrected chi connectivity index (χ4v) is 3.74. The maximum absolute atomic E-state index is 13.0. The standard InChI is InChI=1S/C20H27N3O3/c1-2-19(24)21-16-8-4-3-7-15(16)20(25)22-17-9-5-6-10-18(17)23-11-13-26-14-12-23/h2,5-6,9-10,15-16H,1,3-4,7-8,11-14H2,(H,21,24)(H,22,25)/t15-,16+/m0/s1. The number of benzene rings is 1. The van der Waals surface area contributed by atoms with Crippen LogP contribution in [0.15, 0.2) is 36.9 Å². The second-order valence-corrected chi connectivity index (χ2v) is 6.82. The van der Waals surface area contributed by atoms with Crippen LogP contribution in [0.25, 0.3) is 0 Å². The first kappa shape index (κ1) is 18.5. The number of amides is 2. The van der Waals surface area contributed by atoms with E-state index in [1.807, 2.05) is 24.3 Å². The van der Waals surface area contributed by atoms with Crippen LogP contribution in [0.5, 0.6) is 0 Å². The molecule has 2 N–H and O–H groups in total. The minimum Gasteiger partial charge on any atom is -0.378 e. The van der Waals surface area contributed by atoms with Crippen LogP contribution in [0.3, 0.4) is 0 Å². The van der Waals surface area contributed by atoms with Gasteiger partial charge in [-0.15, -0.1) is 0 Å². The van der Waals surface area contributed by atoms with Crippen LogP contribution in [0.4, 0.5) is 11.4 Å². The van der Waals surface area contributed by atoms with Crippen molar-refractivity contribution in [1.29, 1.82) is 0 Å². The van der Waals surface area contributed by atoms with Gasteiger partial charge in [-0.1, -0.05) is 31.6 Å². The summed E-state index contributed by atoms with van der Waals surface area (Å²) in [6.45, 7) is 6.52. The normalized spacial score (nSPS) is 23.2. The molecule has 140 valence electrons. The number of rotatable bonds is 5. The molecule has 6 nitrogen and oxygen atoms in total. The lowest BCUT2D eigenvalue weighted by Gasteiger charge is -2.33. The summed E-state index contributed by atoms with van der Waals surface area (Å²) in [6.07, 6.45) is 4.90. The lowest BCUT2D eigenvalue weighted by atomic mass is 9.83. The predicted octanol–water partition coefficient (Wildman–Crippen LogP) is 2.32. The zero-order valence-corrected chi connectivity index (χ0v) is 15.1. The molecule has 2 aliphatic rings. The monoisotopic (exact) mass is 357 g/mol. The van der Waals surface area contributed by atoms with E-state index < -0.39 is 0 Å². The molecule has 2 amide bonds. The fraction of sp³-hybridized carbons (Fsp3) is 0.500. The van der Waals surface area contributed by atoms with E-state index >= 15 is 0 Å². The van der Waals surface area contributed by atoms with E-state index in [1.165, 1.54) is 6.08 Å². The van der Waals surface area contributed by atoms with Crippen molar-refractivity contribution in [1.82, 2.24) is 5.32 Å². The van der Waals surface area contributed by atoms with Gasteiger partial charge in [-0.25, -0.2) is 0 Å².